The van der Waals surface area contributed by atoms with Gasteiger partial charge < -0.3 is 5.11 Å². The first-order chi connectivity index (χ1) is 12.2. The van der Waals surface area contributed by atoms with Gasteiger partial charge in [0.1, 0.15) is 5.69 Å². The van der Waals surface area contributed by atoms with Crippen LogP contribution in [0.15, 0.2) is 36.4 Å². The molecule has 0 bridgehead atoms. The molecule has 0 spiro atoms. The van der Waals surface area contributed by atoms with E-state index in [9.17, 15) is 9.90 Å². The van der Waals surface area contributed by atoms with Gasteiger partial charge in [0.25, 0.3) is 0 Å². The molecule has 0 saturated carbocycles. The van der Waals surface area contributed by atoms with Gasteiger partial charge in [-0.2, -0.15) is 0 Å². The summed E-state index contributed by atoms with van der Waals surface area (Å²) in [5, 5.41) is 9.28. The summed E-state index contributed by atoms with van der Waals surface area (Å²) < 4.78 is 0. The quantitative estimate of drug-likeness (QED) is 0.761. The van der Waals surface area contributed by atoms with E-state index in [1.54, 1.807) is 6.07 Å². The van der Waals surface area contributed by atoms with Crippen molar-refractivity contribution >= 4 is 5.97 Å². The molecule has 1 N–H and O–H groups in total. The molecule has 1 atom stereocenters. The number of hydrogen-bond donors (Lipinski definition) is 1. The van der Waals surface area contributed by atoms with Crippen LogP contribution in [0.25, 0.3) is 0 Å². The Balaban J connectivity index is 2.56. The van der Waals surface area contributed by atoms with Crippen molar-refractivity contribution in [2.75, 3.05) is 0 Å². The van der Waals surface area contributed by atoms with Gasteiger partial charge in [0, 0.05) is 33.8 Å². The standard InChI is InChI=1S/C22H30N2O2/c1-7-22(8-2,19-14-10-13-18(24-19)21(4,5)6)15(3)16-11-9-12-17(23-16)20(25)26/h9-15H,7-8H2,1-6H3,(H,25,26). The molecule has 1 unspecified atom stereocenters. The average molecular weight is 354 g/mol. The number of pyridine rings is 2. The molecule has 0 saturated heterocycles. The van der Waals surface area contributed by atoms with Crippen LogP contribution in [0.3, 0.4) is 0 Å². The molecular weight excluding hydrogens is 324 g/mol. The third kappa shape index (κ3) is 3.79. The molecule has 2 heterocycles. The molecular formula is C22H30N2O2. The highest BCUT2D eigenvalue weighted by molar-refractivity contribution is 5.85. The summed E-state index contributed by atoms with van der Waals surface area (Å²) in [5.41, 5.74) is 2.81. The van der Waals surface area contributed by atoms with Crippen molar-refractivity contribution in [1.82, 2.24) is 9.97 Å². The lowest BCUT2D eigenvalue weighted by Crippen LogP contribution is -2.33. The maximum absolute atomic E-state index is 11.3. The van der Waals surface area contributed by atoms with E-state index in [2.05, 4.69) is 64.7 Å². The summed E-state index contributed by atoms with van der Waals surface area (Å²) in [4.78, 5) is 20.7. The van der Waals surface area contributed by atoms with Crippen LogP contribution in [0, 0.1) is 0 Å². The molecule has 4 heteroatoms. The van der Waals surface area contributed by atoms with Gasteiger partial charge in [-0.1, -0.05) is 53.7 Å². The van der Waals surface area contributed by atoms with Crippen molar-refractivity contribution < 1.29 is 9.90 Å². The summed E-state index contributed by atoms with van der Waals surface area (Å²) in [5.74, 6) is -0.940. The Kier molecular flexibility index (Phi) is 5.84. The van der Waals surface area contributed by atoms with Gasteiger partial charge >= 0.3 is 5.97 Å². The van der Waals surface area contributed by atoms with E-state index >= 15 is 0 Å². The Morgan fingerprint density at radius 2 is 1.58 bits per heavy atom. The fourth-order valence-electron chi connectivity index (χ4n) is 3.67. The molecule has 2 aromatic rings. The van der Waals surface area contributed by atoms with Crippen LogP contribution < -0.4 is 0 Å². The molecule has 140 valence electrons. The minimum Gasteiger partial charge on any atom is -0.477 e. The first-order valence-corrected chi connectivity index (χ1v) is 9.34. The number of carboxylic acids is 1. The minimum absolute atomic E-state index is 0.0199. The van der Waals surface area contributed by atoms with Crippen molar-refractivity contribution in [2.24, 2.45) is 0 Å². The van der Waals surface area contributed by atoms with Crippen LogP contribution in [0.2, 0.25) is 0 Å². The van der Waals surface area contributed by atoms with E-state index in [4.69, 9.17) is 4.98 Å². The Hall–Kier alpha value is -2.23. The Morgan fingerprint density at radius 3 is 2.12 bits per heavy atom. The summed E-state index contributed by atoms with van der Waals surface area (Å²) >= 11 is 0. The first-order valence-electron chi connectivity index (χ1n) is 9.34. The van der Waals surface area contributed by atoms with E-state index in [0.717, 1.165) is 29.9 Å². The molecule has 0 aliphatic rings. The molecule has 0 aromatic carbocycles. The largest absolute Gasteiger partial charge is 0.477 e. The van der Waals surface area contributed by atoms with Gasteiger partial charge in [0.05, 0.1) is 0 Å². The number of carbonyl (C=O) groups is 1. The van der Waals surface area contributed by atoms with Gasteiger partial charge in [-0.25, -0.2) is 9.78 Å². The molecule has 4 nitrogen and oxygen atoms in total. The number of rotatable bonds is 6. The second-order valence-corrected chi connectivity index (χ2v) is 8.00. The summed E-state index contributed by atoms with van der Waals surface area (Å²) in [7, 11) is 0. The fourth-order valence-corrected chi connectivity index (χ4v) is 3.67. The fraction of sp³-hybridized carbons (Fsp3) is 0.500. The number of aromatic carboxylic acids is 1. The van der Waals surface area contributed by atoms with Gasteiger partial charge in [-0.3, -0.25) is 4.98 Å². The smallest absolute Gasteiger partial charge is 0.354 e. The lowest BCUT2D eigenvalue weighted by Gasteiger charge is -2.38. The molecule has 0 amide bonds. The van der Waals surface area contributed by atoms with Crippen LogP contribution in [-0.4, -0.2) is 21.0 Å². The second-order valence-electron chi connectivity index (χ2n) is 8.00. The summed E-state index contributed by atoms with van der Waals surface area (Å²) in [6.07, 6.45) is 1.81. The normalized spacial score (nSPS) is 13.5. The van der Waals surface area contributed by atoms with Crippen LogP contribution in [-0.2, 0) is 10.8 Å². The van der Waals surface area contributed by atoms with Gasteiger partial charge in [0.2, 0.25) is 0 Å². The minimum atomic E-state index is -0.995. The van der Waals surface area contributed by atoms with E-state index in [-0.39, 0.29) is 22.4 Å². The van der Waals surface area contributed by atoms with Crippen molar-refractivity contribution in [1.29, 1.82) is 0 Å². The zero-order valence-electron chi connectivity index (χ0n) is 16.7. The lowest BCUT2D eigenvalue weighted by molar-refractivity contribution is 0.0690. The predicted molar refractivity (Wildman–Crippen MR) is 105 cm³/mol. The number of aromatic nitrogens is 2. The van der Waals surface area contributed by atoms with Gasteiger partial charge in [0.15, 0.2) is 0 Å². The van der Waals surface area contributed by atoms with E-state index < -0.39 is 5.97 Å². The lowest BCUT2D eigenvalue weighted by atomic mass is 9.68. The number of nitrogens with zero attached hydrogens (tertiary/aromatic N) is 2. The maximum atomic E-state index is 11.3. The van der Waals surface area contributed by atoms with Crippen molar-refractivity contribution in [2.45, 2.75) is 71.1 Å². The van der Waals surface area contributed by atoms with E-state index in [0.29, 0.717) is 0 Å². The van der Waals surface area contributed by atoms with Crippen LogP contribution in [0.4, 0.5) is 0 Å². The van der Waals surface area contributed by atoms with Crippen LogP contribution >= 0.6 is 0 Å². The molecule has 0 aliphatic heterocycles. The van der Waals surface area contributed by atoms with Crippen LogP contribution in [0.1, 0.15) is 87.9 Å². The number of hydrogen-bond acceptors (Lipinski definition) is 3. The zero-order chi connectivity index (χ0) is 19.5. The predicted octanol–water partition coefficient (Wildman–Crippen LogP) is 5.33. The monoisotopic (exact) mass is 354 g/mol. The third-order valence-electron chi connectivity index (χ3n) is 5.55. The molecule has 0 radical (unpaired) electrons. The van der Waals surface area contributed by atoms with E-state index in [1.165, 1.54) is 6.07 Å². The molecule has 26 heavy (non-hydrogen) atoms. The highest BCUT2D eigenvalue weighted by Gasteiger charge is 2.38. The van der Waals surface area contributed by atoms with Crippen molar-refractivity contribution in [3.05, 3.63) is 59.2 Å². The highest BCUT2D eigenvalue weighted by Crippen LogP contribution is 2.43. The Bertz CT molecular complexity index is 774. The average Bonchev–Trinajstić information content (AvgIpc) is 2.62. The molecule has 2 aromatic heterocycles. The zero-order valence-corrected chi connectivity index (χ0v) is 16.7. The maximum Gasteiger partial charge on any atom is 0.354 e. The summed E-state index contributed by atoms with van der Waals surface area (Å²) in [6, 6.07) is 11.5. The topological polar surface area (TPSA) is 63.1 Å². The van der Waals surface area contributed by atoms with Crippen molar-refractivity contribution in [3.63, 3.8) is 0 Å². The molecule has 0 fully saturated rings. The van der Waals surface area contributed by atoms with Crippen LogP contribution in [0.5, 0.6) is 0 Å². The number of carboxylic acid groups (broad SMARTS) is 1. The highest BCUT2D eigenvalue weighted by atomic mass is 16.4. The van der Waals surface area contributed by atoms with Gasteiger partial charge in [-0.15, -0.1) is 0 Å². The Morgan fingerprint density at radius 1 is 1.00 bits per heavy atom. The molecule has 2 rings (SSSR count). The first kappa shape index (κ1) is 20.1. The third-order valence-corrected chi connectivity index (χ3v) is 5.55. The second kappa shape index (κ2) is 7.56. The van der Waals surface area contributed by atoms with E-state index in [1.807, 2.05) is 6.07 Å². The molecule has 0 aliphatic carbocycles. The Labute approximate surface area is 156 Å². The van der Waals surface area contributed by atoms with Gasteiger partial charge in [-0.05, 0) is 37.1 Å². The SMILES string of the molecule is CCC(CC)(c1cccc(C(C)(C)C)n1)C(C)c1cccc(C(=O)O)n1. The summed E-state index contributed by atoms with van der Waals surface area (Å²) in [6.45, 7) is 13.0. The van der Waals surface area contributed by atoms with Crippen molar-refractivity contribution in [3.8, 4) is 0 Å².